The highest BCUT2D eigenvalue weighted by Gasteiger charge is 2.02. The molecule has 0 bridgehead atoms. The molecule has 0 amide bonds. The molecular formula is C15H18N2O. The van der Waals surface area contributed by atoms with Crippen LogP contribution in [0, 0.1) is 13.8 Å². The molecule has 0 radical (unpaired) electrons. The van der Waals surface area contributed by atoms with Gasteiger partial charge < -0.3 is 10.5 Å². The lowest BCUT2D eigenvalue weighted by atomic mass is 10.1. The van der Waals surface area contributed by atoms with Crippen molar-refractivity contribution in [2.75, 3.05) is 6.54 Å². The molecule has 0 saturated carbocycles. The second kappa shape index (κ2) is 5.65. The molecule has 0 saturated heterocycles. The molecule has 0 aliphatic carbocycles. The minimum atomic E-state index is 0.670. The largest absolute Gasteiger partial charge is 0.456 e. The van der Waals surface area contributed by atoms with Crippen LogP contribution in [0.5, 0.6) is 11.5 Å². The summed E-state index contributed by atoms with van der Waals surface area (Å²) >= 11 is 0. The maximum absolute atomic E-state index is 5.75. The molecule has 3 nitrogen and oxygen atoms in total. The standard InChI is InChI=1S/C15H18N2O/c1-11-9-14(6-4-13(11)7-8-16)18-15-5-3-12(2)17-10-15/h3-6,9-10H,7-8,16H2,1-2H3. The van der Waals surface area contributed by atoms with Crippen LogP contribution in [0.25, 0.3) is 0 Å². The van der Waals surface area contributed by atoms with E-state index >= 15 is 0 Å². The topological polar surface area (TPSA) is 48.1 Å². The van der Waals surface area contributed by atoms with Crippen LogP contribution in [0.4, 0.5) is 0 Å². The second-order valence-corrected chi connectivity index (χ2v) is 4.36. The van der Waals surface area contributed by atoms with Crippen molar-refractivity contribution >= 4 is 0 Å². The summed E-state index contributed by atoms with van der Waals surface area (Å²) < 4.78 is 5.75. The van der Waals surface area contributed by atoms with Crippen LogP contribution >= 0.6 is 0 Å². The summed E-state index contributed by atoms with van der Waals surface area (Å²) in [5, 5.41) is 0. The van der Waals surface area contributed by atoms with E-state index in [2.05, 4.69) is 18.0 Å². The third-order valence-electron chi connectivity index (χ3n) is 2.85. The van der Waals surface area contributed by atoms with Crippen molar-refractivity contribution in [1.29, 1.82) is 0 Å². The molecule has 18 heavy (non-hydrogen) atoms. The van der Waals surface area contributed by atoms with Crippen molar-refractivity contribution in [3.63, 3.8) is 0 Å². The predicted octanol–water partition coefficient (Wildman–Crippen LogP) is 2.99. The van der Waals surface area contributed by atoms with Crippen LogP contribution in [0.2, 0.25) is 0 Å². The van der Waals surface area contributed by atoms with Gasteiger partial charge >= 0.3 is 0 Å². The summed E-state index contributed by atoms with van der Waals surface area (Å²) in [6.45, 7) is 4.70. The Hall–Kier alpha value is -1.87. The molecule has 2 rings (SSSR count). The van der Waals surface area contributed by atoms with Crippen molar-refractivity contribution in [3.8, 4) is 11.5 Å². The van der Waals surface area contributed by atoms with Crippen LogP contribution < -0.4 is 10.5 Å². The molecule has 3 heteroatoms. The van der Waals surface area contributed by atoms with E-state index in [0.29, 0.717) is 6.54 Å². The Balaban J connectivity index is 2.14. The maximum Gasteiger partial charge on any atom is 0.145 e. The van der Waals surface area contributed by atoms with Gasteiger partial charge in [0.25, 0.3) is 0 Å². The van der Waals surface area contributed by atoms with Crippen LogP contribution in [-0.4, -0.2) is 11.5 Å². The number of aryl methyl sites for hydroxylation is 2. The molecule has 1 aromatic carbocycles. The fraction of sp³-hybridized carbons (Fsp3) is 0.267. The molecule has 0 atom stereocenters. The van der Waals surface area contributed by atoms with E-state index in [-0.39, 0.29) is 0 Å². The number of pyridine rings is 1. The first-order valence-corrected chi connectivity index (χ1v) is 6.09. The third kappa shape index (κ3) is 3.08. The average Bonchev–Trinajstić information content (AvgIpc) is 2.36. The molecule has 1 aromatic heterocycles. The maximum atomic E-state index is 5.75. The lowest BCUT2D eigenvalue weighted by Gasteiger charge is -2.09. The van der Waals surface area contributed by atoms with E-state index in [4.69, 9.17) is 10.5 Å². The van der Waals surface area contributed by atoms with Gasteiger partial charge in [0.1, 0.15) is 11.5 Å². The zero-order chi connectivity index (χ0) is 13.0. The minimum Gasteiger partial charge on any atom is -0.456 e. The molecule has 0 aliphatic rings. The number of benzene rings is 1. The molecular weight excluding hydrogens is 224 g/mol. The fourth-order valence-corrected chi connectivity index (χ4v) is 1.82. The van der Waals surface area contributed by atoms with Crippen LogP contribution in [0.15, 0.2) is 36.5 Å². The van der Waals surface area contributed by atoms with E-state index < -0.39 is 0 Å². The summed E-state index contributed by atoms with van der Waals surface area (Å²) in [6.07, 6.45) is 2.64. The van der Waals surface area contributed by atoms with E-state index in [1.807, 2.05) is 31.2 Å². The Morgan fingerprint density at radius 1 is 1.11 bits per heavy atom. The predicted molar refractivity (Wildman–Crippen MR) is 73.0 cm³/mol. The third-order valence-corrected chi connectivity index (χ3v) is 2.85. The molecule has 0 spiro atoms. The van der Waals surface area contributed by atoms with Gasteiger partial charge in [0.15, 0.2) is 0 Å². The molecule has 0 fully saturated rings. The first kappa shape index (κ1) is 12.6. The van der Waals surface area contributed by atoms with Gasteiger partial charge in [-0.15, -0.1) is 0 Å². The Morgan fingerprint density at radius 3 is 2.50 bits per heavy atom. The van der Waals surface area contributed by atoms with Gasteiger partial charge in [-0.25, -0.2) is 0 Å². The number of nitrogens with zero attached hydrogens (tertiary/aromatic N) is 1. The number of nitrogens with two attached hydrogens (primary N) is 1. The highest BCUT2D eigenvalue weighted by molar-refractivity contribution is 5.37. The Bertz CT molecular complexity index is 521. The first-order chi connectivity index (χ1) is 8.69. The minimum absolute atomic E-state index is 0.670. The van der Waals surface area contributed by atoms with Gasteiger partial charge in [-0.05, 0) is 62.2 Å². The van der Waals surface area contributed by atoms with E-state index in [0.717, 1.165) is 23.6 Å². The summed E-state index contributed by atoms with van der Waals surface area (Å²) in [6, 6.07) is 9.93. The zero-order valence-corrected chi connectivity index (χ0v) is 10.8. The average molecular weight is 242 g/mol. The molecule has 94 valence electrons. The van der Waals surface area contributed by atoms with Crippen LogP contribution in [-0.2, 0) is 6.42 Å². The lowest BCUT2D eigenvalue weighted by molar-refractivity contribution is 0.479. The number of ether oxygens (including phenoxy) is 1. The zero-order valence-electron chi connectivity index (χ0n) is 10.8. The van der Waals surface area contributed by atoms with Gasteiger partial charge in [0.05, 0.1) is 6.20 Å². The van der Waals surface area contributed by atoms with Crippen molar-refractivity contribution in [2.45, 2.75) is 20.3 Å². The summed E-state index contributed by atoms with van der Waals surface area (Å²) in [7, 11) is 0. The van der Waals surface area contributed by atoms with E-state index in [9.17, 15) is 0 Å². The summed E-state index contributed by atoms with van der Waals surface area (Å²) in [5.74, 6) is 1.59. The Kier molecular flexibility index (Phi) is 3.95. The van der Waals surface area contributed by atoms with Gasteiger partial charge in [-0.2, -0.15) is 0 Å². The lowest BCUT2D eigenvalue weighted by Crippen LogP contribution is -2.04. The van der Waals surface area contributed by atoms with E-state index in [1.54, 1.807) is 6.20 Å². The molecule has 1 heterocycles. The highest BCUT2D eigenvalue weighted by Crippen LogP contribution is 2.23. The SMILES string of the molecule is Cc1ccc(Oc2ccc(CCN)c(C)c2)cn1. The second-order valence-electron chi connectivity index (χ2n) is 4.36. The van der Waals surface area contributed by atoms with Gasteiger partial charge in [0.2, 0.25) is 0 Å². The van der Waals surface area contributed by atoms with Gasteiger partial charge in [-0.1, -0.05) is 6.07 Å². The van der Waals surface area contributed by atoms with Crippen molar-refractivity contribution in [2.24, 2.45) is 5.73 Å². The first-order valence-electron chi connectivity index (χ1n) is 6.09. The number of rotatable bonds is 4. The molecule has 2 N–H and O–H groups in total. The molecule has 0 aliphatic heterocycles. The van der Waals surface area contributed by atoms with Crippen molar-refractivity contribution in [3.05, 3.63) is 53.3 Å². The van der Waals surface area contributed by atoms with E-state index in [1.165, 1.54) is 11.1 Å². The van der Waals surface area contributed by atoms with Crippen molar-refractivity contribution < 1.29 is 4.74 Å². The van der Waals surface area contributed by atoms with Crippen LogP contribution in [0.1, 0.15) is 16.8 Å². The number of hydrogen-bond acceptors (Lipinski definition) is 3. The van der Waals surface area contributed by atoms with Crippen LogP contribution in [0.3, 0.4) is 0 Å². The summed E-state index contributed by atoms with van der Waals surface area (Å²) in [5.41, 5.74) is 9.03. The number of hydrogen-bond donors (Lipinski definition) is 1. The number of aromatic nitrogens is 1. The molecule has 0 unspecified atom stereocenters. The normalized spacial score (nSPS) is 10.4. The Labute approximate surface area is 108 Å². The Morgan fingerprint density at radius 2 is 1.89 bits per heavy atom. The van der Waals surface area contributed by atoms with Gasteiger partial charge in [-0.3, -0.25) is 4.98 Å². The highest BCUT2D eigenvalue weighted by atomic mass is 16.5. The molecule has 2 aromatic rings. The quantitative estimate of drug-likeness (QED) is 0.896. The monoisotopic (exact) mass is 242 g/mol. The fourth-order valence-electron chi connectivity index (χ4n) is 1.82. The van der Waals surface area contributed by atoms with Gasteiger partial charge in [0, 0.05) is 5.69 Å². The summed E-state index contributed by atoms with van der Waals surface area (Å²) in [4.78, 5) is 4.20. The smallest absolute Gasteiger partial charge is 0.145 e. The van der Waals surface area contributed by atoms with Crippen molar-refractivity contribution in [1.82, 2.24) is 4.98 Å².